The van der Waals surface area contributed by atoms with Crippen LogP contribution in [0, 0.1) is 0 Å². The van der Waals surface area contributed by atoms with Crippen molar-refractivity contribution in [2.45, 2.75) is 12.2 Å². The topological polar surface area (TPSA) is 61.8 Å². The van der Waals surface area contributed by atoms with Gasteiger partial charge in [0, 0.05) is 5.56 Å². The number of methoxy groups -OCH3 is 2. The number of benzene rings is 1. The van der Waals surface area contributed by atoms with Crippen LogP contribution in [0.5, 0.6) is 11.5 Å². The van der Waals surface area contributed by atoms with Gasteiger partial charge in [-0.05, 0) is 24.6 Å². The predicted molar refractivity (Wildman–Crippen MR) is 75.7 cm³/mol. The Bertz CT molecular complexity index is 541. The fraction of sp³-hybridized carbons (Fsp3) is 0.429. The van der Waals surface area contributed by atoms with Gasteiger partial charge >= 0.3 is 5.97 Å². The van der Waals surface area contributed by atoms with Crippen LogP contribution >= 0.6 is 11.8 Å². The summed E-state index contributed by atoms with van der Waals surface area (Å²) in [5.41, 5.74) is 1.13. The molecular formula is C14H16O5S. The Kier molecular flexibility index (Phi) is 4.54. The molecule has 1 aromatic carbocycles. The molecule has 0 bridgehead atoms. The maximum atomic E-state index is 12.0. The van der Waals surface area contributed by atoms with E-state index in [0.717, 1.165) is 0 Å². The summed E-state index contributed by atoms with van der Waals surface area (Å²) >= 11 is 1.27. The maximum absolute atomic E-state index is 12.0. The fourth-order valence-corrected chi connectivity index (χ4v) is 3.14. The van der Waals surface area contributed by atoms with Crippen LogP contribution in [0.4, 0.5) is 0 Å². The number of hydrogen-bond acceptors (Lipinski definition) is 6. The lowest BCUT2D eigenvalue weighted by molar-refractivity contribution is -0.142. The van der Waals surface area contributed by atoms with Gasteiger partial charge in [-0.3, -0.25) is 9.59 Å². The minimum atomic E-state index is -0.498. The van der Waals surface area contributed by atoms with Crippen LogP contribution in [0.3, 0.4) is 0 Å². The van der Waals surface area contributed by atoms with E-state index in [-0.39, 0.29) is 17.5 Å². The van der Waals surface area contributed by atoms with Gasteiger partial charge in [-0.15, -0.1) is 11.8 Å². The average molecular weight is 296 g/mol. The number of carbonyl (C=O) groups is 2. The number of esters is 1. The van der Waals surface area contributed by atoms with E-state index in [4.69, 9.17) is 14.2 Å². The molecule has 1 aliphatic rings. The highest BCUT2D eigenvalue weighted by Crippen LogP contribution is 2.42. The molecular weight excluding hydrogens is 280 g/mol. The van der Waals surface area contributed by atoms with Crippen molar-refractivity contribution in [2.75, 3.05) is 26.6 Å². The minimum absolute atomic E-state index is 0.0218. The summed E-state index contributed by atoms with van der Waals surface area (Å²) in [5, 5.41) is -0.498. The Labute approximate surface area is 121 Å². The van der Waals surface area contributed by atoms with Gasteiger partial charge in [0.05, 0.1) is 26.6 Å². The molecule has 5 nitrogen and oxygen atoms in total. The van der Waals surface area contributed by atoms with E-state index >= 15 is 0 Å². The maximum Gasteiger partial charge on any atom is 0.323 e. The van der Waals surface area contributed by atoms with E-state index in [9.17, 15) is 9.59 Å². The number of fused-ring (bicyclic) bond motifs is 1. The van der Waals surface area contributed by atoms with Gasteiger partial charge in [-0.2, -0.15) is 0 Å². The fourth-order valence-electron chi connectivity index (χ4n) is 2.09. The van der Waals surface area contributed by atoms with Crippen LogP contribution in [0.25, 0.3) is 0 Å². The van der Waals surface area contributed by atoms with E-state index in [1.54, 1.807) is 19.1 Å². The lowest BCUT2D eigenvalue weighted by Crippen LogP contribution is -2.23. The smallest absolute Gasteiger partial charge is 0.323 e. The summed E-state index contributed by atoms with van der Waals surface area (Å²) in [6, 6.07) is 3.31. The summed E-state index contributed by atoms with van der Waals surface area (Å²) in [6.07, 6.45) is 0. The van der Waals surface area contributed by atoms with Gasteiger partial charge in [-0.25, -0.2) is 0 Å². The second-order valence-electron chi connectivity index (χ2n) is 4.16. The standard InChI is InChI=1S/C14H16O5S/c1-4-19-14(16)13-9-6-12(18-3)11(17-2)5-8(9)10(15)7-20-13/h5-6,13H,4,7H2,1-3H3. The quantitative estimate of drug-likeness (QED) is 0.794. The summed E-state index contributed by atoms with van der Waals surface area (Å²) in [6.45, 7) is 2.07. The molecule has 1 unspecified atom stereocenters. The van der Waals surface area contributed by atoms with Crippen molar-refractivity contribution in [1.82, 2.24) is 0 Å². The van der Waals surface area contributed by atoms with Crippen molar-refractivity contribution >= 4 is 23.5 Å². The third kappa shape index (κ3) is 2.60. The zero-order chi connectivity index (χ0) is 14.7. The first kappa shape index (κ1) is 14.7. The summed E-state index contributed by atoms with van der Waals surface area (Å²) in [4.78, 5) is 24.0. The summed E-state index contributed by atoms with van der Waals surface area (Å²) < 4.78 is 15.5. The molecule has 1 aliphatic heterocycles. The van der Waals surface area contributed by atoms with Crippen LogP contribution in [0.2, 0.25) is 0 Å². The monoisotopic (exact) mass is 296 g/mol. The molecule has 0 N–H and O–H groups in total. The average Bonchev–Trinajstić information content (AvgIpc) is 2.46. The van der Waals surface area contributed by atoms with Gasteiger partial charge < -0.3 is 14.2 Å². The third-order valence-corrected chi connectivity index (χ3v) is 4.23. The van der Waals surface area contributed by atoms with Crippen molar-refractivity contribution in [2.24, 2.45) is 0 Å². The first-order valence-electron chi connectivity index (χ1n) is 6.19. The molecule has 1 atom stereocenters. The van der Waals surface area contributed by atoms with E-state index in [0.29, 0.717) is 29.2 Å². The number of carbonyl (C=O) groups excluding carboxylic acids is 2. The van der Waals surface area contributed by atoms with Crippen LogP contribution < -0.4 is 9.47 Å². The summed E-state index contributed by atoms with van der Waals surface area (Å²) in [5.74, 6) is 0.876. The number of ether oxygens (including phenoxy) is 3. The van der Waals surface area contributed by atoms with Crippen LogP contribution in [0.1, 0.15) is 28.1 Å². The first-order valence-corrected chi connectivity index (χ1v) is 7.24. The molecule has 6 heteroatoms. The molecule has 0 saturated heterocycles. The van der Waals surface area contributed by atoms with Crippen LogP contribution in [-0.4, -0.2) is 38.3 Å². The Hall–Kier alpha value is -1.69. The molecule has 1 heterocycles. The number of hydrogen-bond donors (Lipinski definition) is 0. The zero-order valence-electron chi connectivity index (χ0n) is 11.6. The van der Waals surface area contributed by atoms with Gasteiger partial charge in [0.2, 0.25) is 0 Å². The highest BCUT2D eigenvalue weighted by atomic mass is 32.2. The Morgan fingerprint density at radius 1 is 1.30 bits per heavy atom. The largest absolute Gasteiger partial charge is 0.493 e. The number of ketones is 1. The third-order valence-electron chi connectivity index (χ3n) is 3.02. The lowest BCUT2D eigenvalue weighted by Gasteiger charge is -2.24. The van der Waals surface area contributed by atoms with E-state index in [2.05, 4.69) is 0 Å². The number of thioether (sulfide) groups is 1. The molecule has 1 aromatic rings. The molecule has 20 heavy (non-hydrogen) atoms. The molecule has 0 aromatic heterocycles. The minimum Gasteiger partial charge on any atom is -0.493 e. The number of rotatable bonds is 4. The van der Waals surface area contributed by atoms with E-state index in [1.807, 2.05) is 0 Å². The van der Waals surface area contributed by atoms with Gasteiger partial charge in [0.1, 0.15) is 5.25 Å². The van der Waals surface area contributed by atoms with Crippen LogP contribution in [0.15, 0.2) is 12.1 Å². The van der Waals surface area contributed by atoms with Crippen molar-refractivity contribution < 1.29 is 23.8 Å². The van der Waals surface area contributed by atoms with Crippen molar-refractivity contribution in [3.8, 4) is 11.5 Å². The van der Waals surface area contributed by atoms with Gasteiger partial charge in [-0.1, -0.05) is 0 Å². The van der Waals surface area contributed by atoms with Crippen molar-refractivity contribution in [1.29, 1.82) is 0 Å². The van der Waals surface area contributed by atoms with Crippen molar-refractivity contribution in [3.05, 3.63) is 23.3 Å². The van der Waals surface area contributed by atoms with Gasteiger partial charge in [0.15, 0.2) is 17.3 Å². The molecule has 0 fully saturated rings. The second-order valence-corrected chi connectivity index (χ2v) is 5.25. The normalized spacial score (nSPS) is 17.4. The highest BCUT2D eigenvalue weighted by molar-refractivity contribution is 8.01. The van der Waals surface area contributed by atoms with Gasteiger partial charge in [0.25, 0.3) is 0 Å². The predicted octanol–water partition coefficient (Wildman–Crippen LogP) is 2.24. The molecule has 0 radical (unpaired) electrons. The van der Waals surface area contributed by atoms with E-state index < -0.39 is 5.25 Å². The summed E-state index contributed by atoms with van der Waals surface area (Å²) in [7, 11) is 3.02. The molecule has 0 amide bonds. The SMILES string of the molecule is CCOC(=O)C1SCC(=O)c2cc(OC)c(OC)cc21. The zero-order valence-corrected chi connectivity index (χ0v) is 12.4. The first-order chi connectivity index (χ1) is 9.62. The van der Waals surface area contributed by atoms with Crippen molar-refractivity contribution in [3.63, 3.8) is 0 Å². The Balaban J connectivity index is 2.50. The molecule has 0 aliphatic carbocycles. The molecule has 0 saturated carbocycles. The molecule has 0 spiro atoms. The highest BCUT2D eigenvalue weighted by Gasteiger charge is 2.33. The Morgan fingerprint density at radius 3 is 2.55 bits per heavy atom. The second kappa shape index (κ2) is 6.17. The van der Waals surface area contributed by atoms with E-state index in [1.165, 1.54) is 26.0 Å². The lowest BCUT2D eigenvalue weighted by atomic mass is 9.99. The molecule has 108 valence electrons. The number of Topliss-reactive ketones (excluding diaryl/α,β-unsaturated/α-hetero) is 1. The Morgan fingerprint density at radius 2 is 1.95 bits per heavy atom. The van der Waals surface area contributed by atoms with Crippen LogP contribution in [-0.2, 0) is 9.53 Å². The molecule has 2 rings (SSSR count).